The van der Waals surface area contributed by atoms with Crippen molar-refractivity contribution in [3.8, 4) is 28.0 Å². The van der Waals surface area contributed by atoms with Gasteiger partial charge in [-0.25, -0.2) is 9.59 Å². The van der Waals surface area contributed by atoms with Crippen molar-refractivity contribution in [1.29, 1.82) is 0 Å². The van der Waals surface area contributed by atoms with Gasteiger partial charge >= 0.3 is 11.9 Å². The van der Waals surface area contributed by atoms with Crippen LogP contribution in [0.15, 0.2) is 85.1 Å². The van der Waals surface area contributed by atoms with Crippen LogP contribution in [0.25, 0.3) is 22.3 Å². The van der Waals surface area contributed by atoms with E-state index >= 15 is 0 Å². The van der Waals surface area contributed by atoms with E-state index in [1.807, 2.05) is 61.5 Å². The zero-order chi connectivity index (χ0) is 24.8. The second kappa shape index (κ2) is 10.7. The van der Waals surface area contributed by atoms with Gasteiger partial charge in [0.15, 0.2) is 0 Å². The van der Waals surface area contributed by atoms with Crippen LogP contribution in [0, 0.1) is 6.92 Å². The maximum absolute atomic E-state index is 12.5. The Kier molecular flexibility index (Phi) is 7.21. The van der Waals surface area contributed by atoms with Crippen LogP contribution in [0.5, 0.6) is 5.75 Å². The number of hydrogen-bond acceptors (Lipinski definition) is 6. The average Bonchev–Trinajstić information content (AvgIpc) is 2.91. The molecule has 176 valence electrons. The predicted octanol–water partition coefficient (Wildman–Crippen LogP) is 5.88. The van der Waals surface area contributed by atoms with Gasteiger partial charge in [-0.3, -0.25) is 4.98 Å². The van der Waals surface area contributed by atoms with Gasteiger partial charge in [-0.05, 0) is 71.1 Å². The monoisotopic (exact) mass is 467 g/mol. The summed E-state index contributed by atoms with van der Waals surface area (Å²) in [5, 5.41) is 0. The lowest BCUT2D eigenvalue weighted by atomic mass is 9.93. The van der Waals surface area contributed by atoms with E-state index in [9.17, 15) is 9.59 Å². The number of benzene rings is 3. The maximum atomic E-state index is 12.5. The molecule has 0 atom stereocenters. The largest absolute Gasteiger partial charge is 0.487 e. The smallest absolute Gasteiger partial charge is 0.338 e. The summed E-state index contributed by atoms with van der Waals surface area (Å²) in [6, 6.07) is 23.9. The molecule has 0 amide bonds. The van der Waals surface area contributed by atoms with Crippen LogP contribution in [0.3, 0.4) is 0 Å². The highest BCUT2D eigenvalue weighted by atomic mass is 16.5. The molecule has 6 heteroatoms. The maximum Gasteiger partial charge on any atom is 0.338 e. The fourth-order valence-electron chi connectivity index (χ4n) is 3.86. The summed E-state index contributed by atoms with van der Waals surface area (Å²) in [4.78, 5) is 29.3. The van der Waals surface area contributed by atoms with Crippen molar-refractivity contribution in [3.63, 3.8) is 0 Å². The fourth-order valence-corrected chi connectivity index (χ4v) is 3.86. The normalized spacial score (nSPS) is 10.5. The summed E-state index contributed by atoms with van der Waals surface area (Å²) < 4.78 is 16.1. The standard InChI is InChI=1S/C29H25NO5/c1-19-9-8-14-30-27(19)18-35-22-16-20(23-10-4-6-12-25(23)28(31)33-2)15-21(17-22)24-11-5-7-13-26(24)29(32)34-3/h4-17H,18H2,1-3H3. The predicted molar refractivity (Wildman–Crippen MR) is 133 cm³/mol. The van der Waals surface area contributed by atoms with E-state index in [2.05, 4.69) is 4.98 Å². The summed E-state index contributed by atoms with van der Waals surface area (Å²) in [5.41, 5.74) is 5.58. The van der Waals surface area contributed by atoms with E-state index in [0.717, 1.165) is 22.4 Å². The third-order valence-electron chi connectivity index (χ3n) is 5.69. The Morgan fingerprint density at radius 3 is 1.80 bits per heavy atom. The Hall–Kier alpha value is -4.45. The van der Waals surface area contributed by atoms with Crippen LogP contribution >= 0.6 is 0 Å². The number of nitrogens with zero attached hydrogens (tertiary/aromatic N) is 1. The number of ether oxygens (including phenoxy) is 3. The molecular weight excluding hydrogens is 442 g/mol. The van der Waals surface area contributed by atoms with Crippen molar-refractivity contribution in [2.24, 2.45) is 0 Å². The second-order valence-corrected chi connectivity index (χ2v) is 7.88. The van der Waals surface area contributed by atoms with E-state index in [0.29, 0.717) is 28.0 Å². The number of carbonyl (C=O) groups is 2. The van der Waals surface area contributed by atoms with Gasteiger partial charge in [0.05, 0.1) is 31.0 Å². The number of carbonyl (C=O) groups excluding carboxylic acids is 2. The van der Waals surface area contributed by atoms with Crippen LogP contribution in [0.4, 0.5) is 0 Å². The molecule has 6 nitrogen and oxygen atoms in total. The first-order valence-electron chi connectivity index (χ1n) is 11.1. The minimum absolute atomic E-state index is 0.271. The molecule has 4 rings (SSSR count). The molecule has 0 unspecified atom stereocenters. The number of aryl methyl sites for hydroxylation is 1. The minimum atomic E-state index is -0.437. The van der Waals surface area contributed by atoms with Crippen LogP contribution in [-0.2, 0) is 16.1 Å². The highest BCUT2D eigenvalue weighted by Gasteiger charge is 2.18. The molecule has 0 bridgehead atoms. The van der Waals surface area contributed by atoms with Gasteiger partial charge in [0.2, 0.25) is 0 Å². The minimum Gasteiger partial charge on any atom is -0.487 e. The van der Waals surface area contributed by atoms with Crippen molar-refractivity contribution in [2.45, 2.75) is 13.5 Å². The summed E-state index contributed by atoms with van der Waals surface area (Å²) >= 11 is 0. The highest BCUT2D eigenvalue weighted by molar-refractivity contribution is 6.00. The Labute approximate surface area is 204 Å². The fraction of sp³-hybridized carbons (Fsp3) is 0.138. The molecular formula is C29H25NO5. The first kappa shape index (κ1) is 23.7. The van der Waals surface area contributed by atoms with E-state index < -0.39 is 11.9 Å². The Bertz CT molecular complexity index is 1300. The van der Waals surface area contributed by atoms with Crippen molar-refractivity contribution >= 4 is 11.9 Å². The topological polar surface area (TPSA) is 74.7 Å². The van der Waals surface area contributed by atoms with E-state index in [1.165, 1.54) is 14.2 Å². The molecule has 0 aliphatic rings. The average molecular weight is 468 g/mol. The second-order valence-electron chi connectivity index (χ2n) is 7.88. The Balaban J connectivity index is 1.85. The van der Waals surface area contributed by atoms with Gasteiger partial charge in [0, 0.05) is 6.20 Å². The lowest BCUT2D eigenvalue weighted by molar-refractivity contribution is 0.0592. The summed E-state index contributed by atoms with van der Waals surface area (Å²) in [6.07, 6.45) is 1.73. The zero-order valence-corrected chi connectivity index (χ0v) is 19.8. The van der Waals surface area contributed by atoms with E-state index in [4.69, 9.17) is 14.2 Å². The third kappa shape index (κ3) is 5.22. The number of pyridine rings is 1. The van der Waals surface area contributed by atoms with Crippen LogP contribution in [-0.4, -0.2) is 31.1 Å². The van der Waals surface area contributed by atoms with E-state index in [-0.39, 0.29) is 6.61 Å². The van der Waals surface area contributed by atoms with Gasteiger partial charge in [-0.2, -0.15) is 0 Å². The molecule has 3 aromatic carbocycles. The first-order chi connectivity index (χ1) is 17.0. The molecule has 0 saturated heterocycles. The van der Waals surface area contributed by atoms with Gasteiger partial charge in [-0.1, -0.05) is 42.5 Å². The molecule has 35 heavy (non-hydrogen) atoms. The lowest BCUT2D eigenvalue weighted by Crippen LogP contribution is -2.05. The molecule has 0 saturated carbocycles. The number of esters is 2. The van der Waals surface area contributed by atoms with Crippen LogP contribution < -0.4 is 4.74 Å². The first-order valence-corrected chi connectivity index (χ1v) is 11.1. The van der Waals surface area contributed by atoms with Gasteiger partial charge in [0.1, 0.15) is 12.4 Å². The number of methoxy groups -OCH3 is 2. The highest BCUT2D eigenvalue weighted by Crippen LogP contribution is 2.35. The summed E-state index contributed by atoms with van der Waals surface area (Å²) in [5.74, 6) is -0.304. The molecule has 0 spiro atoms. The summed E-state index contributed by atoms with van der Waals surface area (Å²) in [6.45, 7) is 2.25. The van der Waals surface area contributed by atoms with Crippen LogP contribution in [0.2, 0.25) is 0 Å². The zero-order valence-electron chi connectivity index (χ0n) is 19.8. The molecule has 0 aliphatic heterocycles. The Morgan fingerprint density at radius 2 is 1.29 bits per heavy atom. The molecule has 0 aliphatic carbocycles. The quantitative estimate of drug-likeness (QED) is 0.316. The van der Waals surface area contributed by atoms with Gasteiger partial charge < -0.3 is 14.2 Å². The van der Waals surface area contributed by atoms with Crippen LogP contribution in [0.1, 0.15) is 32.0 Å². The molecule has 1 heterocycles. The summed E-state index contributed by atoms with van der Waals surface area (Å²) in [7, 11) is 2.71. The van der Waals surface area contributed by atoms with Crippen molar-refractivity contribution < 1.29 is 23.8 Å². The van der Waals surface area contributed by atoms with Gasteiger partial charge in [-0.15, -0.1) is 0 Å². The van der Waals surface area contributed by atoms with E-state index in [1.54, 1.807) is 30.5 Å². The molecule has 0 radical (unpaired) electrons. The molecule has 0 fully saturated rings. The number of rotatable bonds is 7. The van der Waals surface area contributed by atoms with Crippen molar-refractivity contribution in [2.75, 3.05) is 14.2 Å². The lowest BCUT2D eigenvalue weighted by Gasteiger charge is -2.15. The van der Waals surface area contributed by atoms with Crippen molar-refractivity contribution in [3.05, 3.63) is 107 Å². The molecule has 4 aromatic rings. The van der Waals surface area contributed by atoms with Crippen molar-refractivity contribution in [1.82, 2.24) is 4.98 Å². The molecule has 0 N–H and O–H groups in total. The SMILES string of the molecule is COC(=O)c1ccccc1-c1cc(OCc2ncccc2C)cc(-c2ccccc2C(=O)OC)c1. The number of aromatic nitrogens is 1. The number of hydrogen-bond donors (Lipinski definition) is 0. The molecule has 1 aromatic heterocycles. The Morgan fingerprint density at radius 1 is 0.743 bits per heavy atom. The third-order valence-corrected chi connectivity index (χ3v) is 5.69. The van der Waals surface area contributed by atoms with Gasteiger partial charge in [0.25, 0.3) is 0 Å².